The maximum atomic E-state index is 12.9. The zero-order valence-corrected chi connectivity index (χ0v) is 19.5. The minimum absolute atomic E-state index is 0.0983. The molecule has 0 aliphatic heterocycles. The molecule has 0 unspecified atom stereocenters. The molecule has 3 rings (SSSR count). The van der Waals surface area contributed by atoms with E-state index in [2.05, 4.69) is 15.4 Å². The molecule has 0 aliphatic rings. The quantitative estimate of drug-likeness (QED) is 0.450. The Balaban J connectivity index is 1.75. The molecule has 0 bridgehead atoms. The fraction of sp³-hybridized carbons (Fsp3) is 0.130. The predicted molar refractivity (Wildman–Crippen MR) is 126 cm³/mol. The van der Waals surface area contributed by atoms with Crippen LogP contribution < -0.4 is 20.1 Å². The second kappa shape index (κ2) is 10.4. The number of ether oxygens (including phenoxy) is 1. The van der Waals surface area contributed by atoms with Gasteiger partial charge in [0.05, 0.1) is 17.7 Å². The summed E-state index contributed by atoms with van der Waals surface area (Å²) in [7, 11) is -1.07. The van der Waals surface area contributed by atoms with Gasteiger partial charge < -0.3 is 15.4 Å². The monoisotopic (exact) mass is 487 g/mol. The minimum Gasteiger partial charge on any atom is -0.495 e. The number of rotatable bonds is 8. The number of halogens is 1. The number of hydrogen-bond acceptors (Lipinski definition) is 5. The predicted octanol–water partition coefficient (Wildman–Crippen LogP) is 3.44. The second-order valence-corrected chi connectivity index (χ2v) is 9.06. The molecule has 0 heterocycles. The third-order valence-corrected chi connectivity index (χ3v) is 6.28. The van der Waals surface area contributed by atoms with Gasteiger partial charge in [0.15, 0.2) is 0 Å². The largest absolute Gasteiger partial charge is 0.495 e. The minimum atomic E-state index is -4.02. The van der Waals surface area contributed by atoms with Crippen LogP contribution in [0.1, 0.15) is 26.3 Å². The van der Waals surface area contributed by atoms with Crippen LogP contribution >= 0.6 is 11.6 Å². The molecule has 0 aromatic heterocycles. The molecule has 3 N–H and O–H groups in total. The number of amides is 2. The van der Waals surface area contributed by atoms with Crippen LogP contribution in [0.5, 0.6) is 5.75 Å². The van der Waals surface area contributed by atoms with Gasteiger partial charge in [-0.05, 0) is 54.1 Å². The van der Waals surface area contributed by atoms with Gasteiger partial charge in [-0.3, -0.25) is 14.3 Å². The topological polar surface area (TPSA) is 114 Å². The van der Waals surface area contributed by atoms with Crippen molar-refractivity contribution in [2.45, 2.75) is 11.4 Å². The van der Waals surface area contributed by atoms with Gasteiger partial charge >= 0.3 is 0 Å². The first-order valence-corrected chi connectivity index (χ1v) is 11.7. The highest BCUT2D eigenvalue weighted by Gasteiger charge is 2.19. The van der Waals surface area contributed by atoms with E-state index in [1.165, 1.54) is 44.5 Å². The Bertz CT molecular complexity index is 1290. The highest BCUT2D eigenvalue weighted by atomic mass is 35.5. The van der Waals surface area contributed by atoms with Gasteiger partial charge in [0, 0.05) is 29.7 Å². The molecule has 2 amide bonds. The third-order valence-electron chi connectivity index (χ3n) is 4.68. The Kier molecular flexibility index (Phi) is 7.57. The molecule has 172 valence electrons. The van der Waals surface area contributed by atoms with Crippen LogP contribution in [0, 0.1) is 0 Å². The first kappa shape index (κ1) is 24.1. The molecule has 3 aromatic rings. The summed E-state index contributed by atoms with van der Waals surface area (Å²) in [6.45, 7) is 0.165. The van der Waals surface area contributed by atoms with E-state index in [-0.39, 0.29) is 28.6 Å². The van der Waals surface area contributed by atoms with E-state index in [0.717, 1.165) is 5.56 Å². The van der Waals surface area contributed by atoms with Crippen molar-refractivity contribution in [3.05, 3.63) is 88.4 Å². The summed E-state index contributed by atoms with van der Waals surface area (Å²) < 4.78 is 33.4. The van der Waals surface area contributed by atoms with Crippen molar-refractivity contribution in [3.8, 4) is 5.75 Å². The summed E-state index contributed by atoms with van der Waals surface area (Å²) in [5.41, 5.74) is 1.54. The Morgan fingerprint density at radius 1 is 0.939 bits per heavy atom. The standard InChI is InChI=1S/C23H22ClN3O5S/c1-25-22(28)16-6-3-5-15(11-16)14-26-23(29)17-7-4-8-19(12-17)33(30,31)27-20-13-18(24)9-10-21(20)32-2/h3-13,27H,14H2,1-2H3,(H,25,28)(H,26,29). The van der Waals surface area contributed by atoms with Crippen molar-refractivity contribution in [2.24, 2.45) is 0 Å². The van der Waals surface area contributed by atoms with Crippen molar-refractivity contribution in [1.82, 2.24) is 10.6 Å². The van der Waals surface area contributed by atoms with Crippen molar-refractivity contribution >= 4 is 39.1 Å². The number of carbonyl (C=O) groups excluding carboxylic acids is 2. The van der Waals surface area contributed by atoms with E-state index in [9.17, 15) is 18.0 Å². The van der Waals surface area contributed by atoms with E-state index in [0.29, 0.717) is 16.3 Å². The van der Waals surface area contributed by atoms with Crippen molar-refractivity contribution in [3.63, 3.8) is 0 Å². The van der Waals surface area contributed by atoms with Crippen LogP contribution in [0.4, 0.5) is 5.69 Å². The van der Waals surface area contributed by atoms with Gasteiger partial charge in [-0.2, -0.15) is 0 Å². The fourth-order valence-corrected chi connectivity index (χ4v) is 4.30. The smallest absolute Gasteiger partial charge is 0.262 e. The van der Waals surface area contributed by atoms with E-state index in [4.69, 9.17) is 16.3 Å². The SMILES string of the molecule is CNC(=O)c1cccc(CNC(=O)c2cccc(S(=O)(=O)Nc3cc(Cl)ccc3OC)c2)c1. The van der Waals surface area contributed by atoms with Crippen LogP contribution in [0.3, 0.4) is 0 Å². The summed E-state index contributed by atoms with van der Waals surface area (Å²) in [6, 6.07) is 17.0. The summed E-state index contributed by atoms with van der Waals surface area (Å²) in [4.78, 5) is 24.3. The van der Waals surface area contributed by atoms with Gasteiger partial charge in [0.1, 0.15) is 5.75 Å². The average Bonchev–Trinajstić information content (AvgIpc) is 2.82. The molecule has 0 radical (unpaired) electrons. The molecule has 33 heavy (non-hydrogen) atoms. The lowest BCUT2D eigenvalue weighted by molar-refractivity contribution is 0.0948. The maximum Gasteiger partial charge on any atom is 0.262 e. The molecule has 3 aromatic carbocycles. The Morgan fingerprint density at radius 2 is 1.64 bits per heavy atom. The number of methoxy groups -OCH3 is 1. The maximum absolute atomic E-state index is 12.9. The summed E-state index contributed by atoms with van der Waals surface area (Å²) in [5, 5.41) is 5.61. The molecular weight excluding hydrogens is 466 g/mol. The van der Waals surface area contributed by atoms with Crippen molar-refractivity contribution in [1.29, 1.82) is 0 Å². The van der Waals surface area contributed by atoms with Crippen LogP contribution in [-0.4, -0.2) is 34.4 Å². The van der Waals surface area contributed by atoms with Crippen molar-refractivity contribution < 1.29 is 22.7 Å². The van der Waals surface area contributed by atoms with Gasteiger partial charge in [-0.25, -0.2) is 8.42 Å². The van der Waals surface area contributed by atoms with Gasteiger partial charge in [0.25, 0.3) is 21.8 Å². The summed E-state index contributed by atoms with van der Waals surface area (Å²) in [5.74, 6) is -0.390. The third kappa shape index (κ3) is 6.03. The fourth-order valence-electron chi connectivity index (χ4n) is 3.02. The highest BCUT2D eigenvalue weighted by molar-refractivity contribution is 7.92. The zero-order valence-electron chi connectivity index (χ0n) is 17.9. The zero-order chi connectivity index (χ0) is 24.0. The first-order valence-electron chi connectivity index (χ1n) is 9.79. The number of nitrogens with one attached hydrogen (secondary N) is 3. The molecule has 0 aliphatic carbocycles. The van der Waals surface area contributed by atoms with E-state index >= 15 is 0 Å². The lowest BCUT2D eigenvalue weighted by atomic mass is 10.1. The highest BCUT2D eigenvalue weighted by Crippen LogP contribution is 2.30. The molecule has 0 saturated carbocycles. The van der Waals surface area contributed by atoms with Crippen LogP contribution in [0.15, 0.2) is 71.6 Å². The van der Waals surface area contributed by atoms with Gasteiger partial charge in [-0.15, -0.1) is 0 Å². The normalized spacial score (nSPS) is 10.9. The van der Waals surface area contributed by atoms with Crippen LogP contribution in [0.25, 0.3) is 0 Å². The van der Waals surface area contributed by atoms with E-state index < -0.39 is 15.9 Å². The lowest BCUT2D eigenvalue weighted by Crippen LogP contribution is -2.24. The van der Waals surface area contributed by atoms with Crippen LogP contribution in [-0.2, 0) is 16.6 Å². The van der Waals surface area contributed by atoms with E-state index in [1.54, 1.807) is 36.4 Å². The number of carbonyl (C=O) groups is 2. The second-order valence-electron chi connectivity index (χ2n) is 6.94. The Morgan fingerprint density at radius 3 is 2.33 bits per heavy atom. The Hall–Kier alpha value is -3.56. The molecule has 8 nitrogen and oxygen atoms in total. The van der Waals surface area contributed by atoms with Crippen LogP contribution in [0.2, 0.25) is 5.02 Å². The summed E-state index contributed by atoms with van der Waals surface area (Å²) >= 11 is 5.97. The number of hydrogen-bond donors (Lipinski definition) is 3. The lowest BCUT2D eigenvalue weighted by Gasteiger charge is -2.13. The first-order chi connectivity index (χ1) is 15.7. The molecule has 0 fully saturated rings. The molecule has 10 heteroatoms. The van der Waals surface area contributed by atoms with Gasteiger partial charge in [0.2, 0.25) is 0 Å². The molecular formula is C23H22ClN3O5S. The van der Waals surface area contributed by atoms with Gasteiger partial charge in [-0.1, -0.05) is 29.8 Å². The Labute approximate surface area is 197 Å². The number of sulfonamides is 1. The molecule has 0 spiro atoms. The van der Waals surface area contributed by atoms with E-state index in [1.807, 2.05) is 0 Å². The molecule has 0 atom stereocenters. The molecule has 0 saturated heterocycles. The number of anilines is 1. The number of benzene rings is 3. The van der Waals surface area contributed by atoms with Crippen molar-refractivity contribution in [2.75, 3.05) is 18.9 Å². The average molecular weight is 488 g/mol. The summed E-state index contributed by atoms with van der Waals surface area (Å²) in [6.07, 6.45) is 0.